The van der Waals surface area contributed by atoms with Crippen LogP contribution in [0.1, 0.15) is 59.1 Å². The van der Waals surface area contributed by atoms with E-state index >= 15 is 0 Å². The third-order valence-electron chi connectivity index (χ3n) is 9.97. The summed E-state index contributed by atoms with van der Waals surface area (Å²) >= 11 is 0. The molecule has 0 amide bonds. The van der Waals surface area contributed by atoms with Crippen molar-refractivity contribution in [2.45, 2.75) is 45.1 Å². The zero-order valence-corrected chi connectivity index (χ0v) is 29.0. The van der Waals surface area contributed by atoms with Crippen molar-refractivity contribution in [1.29, 1.82) is 0 Å². The van der Waals surface area contributed by atoms with Crippen LogP contribution >= 0.6 is 0 Å². The van der Waals surface area contributed by atoms with Crippen LogP contribution in [-0.4, -0.2) is 27.2 Å². The maximum atomic E-state index is 6.56. The molecule has 7 nitrogen and oxygen atoms in total. The second kappa shape index (κ2) is 13.1. The number of fused-ring (bicyclic) bond motifs is 6. The lowest BCUT2D eigenvalue weighted by Crippen LogP contribution is -2.25. The standard InChI is InChI=1S/C45H37N5O2/c1-27-21-22-34-36-17-10-19-38(42(36)52-40(34)24-27)45-48-43(47-44(49-45)37-18-9-16-35-33-15-6-7-20-39(33)51-41(35)37)31-13-8-14-32(25-31)50-46-26-28(2)23-30-12-5-4-11-29(30)3/h4-5,7-9,11-14,16,18-24,26,32,50H,2-3,6,10,15,17,25H2,1H3/b30-23-,46-26-. The highest BCUT2D eigenvalue weighted by Crippen LogP contribution is 2.40. The van der Waals surface area contributed by atoms with Crippen molar-refractivity contribution in [2.75, 3.05) is 0 Å². The molecule has 6 aromatic rings. The number of hydrogen-bond donors (Lipinski definition) is 1. The Labute approximate surface area is 301 Å². The third kappa shape index (κ3) is 5.84. The van der Waals surface area contributed by atoms with Crippen LogP contribution in [0.5, 0.6) is 0 Å². The van der Waals surface area contributed by atoms with Gasteiger partial charge in [-0.1, -0.05) is 92.1 Å². The maximum absolute atomic E-state index is 6.56. The molecule has 0 radical (unpaired) electrons. The molecule has 52 heavy (non-hydrogen) atoms. The molecular weight excluding hydrogens is 643 g/mol. The van der Waals surface area contributed by atoms with Crippen LogP contribution < -0.4 is 15.9 Å². The van der Waals surface area contributed by atoms with Crippen molar-refractivity contribution in [3.63, 3.8) is 0 Å². The molecule has 3 aliphatic carbocycles. The van der Waals surface area contributed by atoms with Crippen LogP contribution in [-0.2, 0) is 12.8 Å². The van der Waals surface area contributed by atoms with Gasteiger partial charge in [-0.05, 0) is 84.0 Å². The van der Waals surface area contributed by atoms with E-state index in [1.807, 2.05) is 42.5 Å². The van der Waals surface area contributed by atoms with Gasteiger partial charge in [0.1, 0.15) is 22.7 Å². The molecule has 254 valence electrons. The minimum atomic E-state index is -0.0704. The number of nitrogens with one attached hydrogen (secondary N) is 1. The molecule has 0 spiro atoms. The van der Waals surface area contributed by atoms with Crippen molar-refractivity contribution >= 4 is 58.0 Å². The van der Waals surface area contributed by atoms with Crippen LogP contribution in [0.2, 0.25) is 0 Å². The second-order valence-corrected chi connectivity index (χ2v) is 13.6. The summed E-state index contributed by atoms with van der Waals surface area (Å²) in [6.07, 6.45) is 20.7. The first-order valence-corrected chi connectivity index (χ1v) is 17.8. The van der Waals surface area contributed by atoms with E-state index in [0.29, 0.717) is 23.9 Å². The molecule has 1 unspecified atom stereocenters. The molecule has 0 aliphatic heterocycles. The molecule has 1 N–H and O–H groups in total. The van der Waals surface area contributed by atoms with Crippen LogP contribution in [0.3, 0.4) is 0 Å². The predicted octanol–water partition coefficient (Wildman–Crippen LogP) is 8.41. The summed E-state index contributed by atoms with van der Waals surface area (Å²) in [5, 5.41) is 8.74. The van der Waals surface area contributed by atoms with Gasteiger partial charge >= 0.3 is 0 Å². The lowest BCUT2D eigenvalue weighted by molar-refractivity contribution is 0.589. The Hall–Kier alpha value is -6.34. The van der Waals surface area contributed by atoms with E-state index in [2.05, 4.69) is 91.3 Å². The number of benzene rings is 3. The summed E-state index contributed by atoms with van der Waals surface area (Å²) in [5.41, 5.74) is 12.0. The average Bonchev–Trinajstić information content (AvgIpc) is 3.74. The van der Waals surface area contributed by atoms with E-state index in [1.54, 1.807) is 6.21 Å². The van der Waals surface area contributed by atoms with Gasteiger partial charge in [-0.15, -0.1) is 0 Å². The number of hydrogen-bond acceptors (Lipinski definition) is 7. The second-order valence-electron chi connectivity index (χ2n) is 13.6. The molecule has 1 atom stereocenters. The molecule has 7 heteroatoms. The third-order valence-corrected chi connectivity index (χ3v) is 9.97. The van der Waals surface area contributed by atoms with Gasteiger partial charge in [-0.2, -0.15) is 5.10 Å². The van der Waals surface area contributed by atoms with Gasteiger partial charge in [0.2, 0.25) is 0 Å². The van der Waals surface area contributed by atoms with Gasteiger partial charge in [0, 0.05) is 28.3 Å². The fourth-order valence-electron chi connectivity index (χ4n) is 7.37. The van der Waals surface area contributed by atoms with E-state index in [0.717, 1.165) is 97.4 Å². The molecule has 3 heterocycles. The average molecular weight is 680 g/mol. The van der Waals surface area contributed by atoms with Crippen molar-refractivity contribution in [1.82, 2.24) is 20.4 Å². The minimum absolute atomic E-state index is 0.0704. The molecule has 3 aliphatic rings. The zero-order chi connectivity index (χ0) is 35.2. The highest BCUT2D eigenvalue weighted by Gasteiger charge is 2.27. The summed E-state index contributed by atoms with van der Waals surface area (Å²) in [6.45, 7) is 10.3. The summed E-state index contributed by atoms with van der Waals surface area (Å²) in [6, 6.07) is 20.5. The summed E-state index contributed by atoms with van der Waals surface area (Å²) < 4.78 is 13.1. The Morgan fingerprint density at radius 1 is 0.923 bits per heavy atom. The smallest absolute Gasteiger partial charge is 0.167 e. The highest BCUT2D eigenvalue weighted by molar-refractivity contribution is 5.96. The Balaban J connectivity index is 1.09. The number of furan rings is 2. The number of hydrazone groups is 1. The first-order valence-electron chi connectivity index (χ1n) is 17.8. The van der Waals surface area contributed by atoms with Crippen molar-refractivity contribution in [3.8, 4) is 11.4 Å². The van der Waals surface area contributed by atoms with Crippen molar-refractivity contribution in [3.05, 3.63) is 153 Å². The van der Waals surface area contributed by atoms with Crippen LogP contribution in [0.25, 0.3) is 63.2 Å². The number of aryl methyl sites for hydroxylation is 3. The van der Waals surface area contributed by atoms with E-state index in [9.17, 15) is 0 Å². The van der Waals surface area contributed by atoms with Gasteiger partial charge in [0.05, 0.1) is 23.4 Å². The van der Waals surface area contributed by atoms with Gasteiger partial charge in [0.15, 0.2) is 17.5 Å². The summed E-state index contributed by atoms with van der Waals surface area (Å²) in [7, 11) is 0. The predicted molar refractivity (Wildman–Crippen MR) is 211 cm³/mol. The van der Waals surface area contributed by atoms with E-state index in [-0.39, 0.29) is 6.04 Å². The van der Waals surface area contributed by atoms with E-state index in [1.165, 1.54) is 11.1 Å². The normalized spacial score (nSPS) is 17.0. The summed E-state index contributed by atoms with van der Waals surface area (Å²) in [5.74, 6) is 3.50. The van der Waals surface area contributed by atoms with Crippen LogP contribution in [0, 0.1) is 6.92 Å². The topological polar surface area (TPSA) is 89.3 Å². The van der Waals surface area contributed by atoms with Crippen molar-refractivity contribution < 1.29 is 8.83 Å². The molecule has 0 saturated carbocycles. The molecule has 0 bridgehead atoms. The van der Waals surface area contributed by atoms with Crippen molar-refractivity contribution in [2.24, 2.45) is 5.10 Å². The fourth-order valence-corrected chi connectivity index (χ4v) is 7.37. The maximum Gasteiger partial charge on any atom is 0.167 e. The monoisotopic (exact) mass is 679 g/mol. The SMILES string of the molecule is C=C(/C=N\NC1C=CC=C(c2nc(C3=CCCc4c3oc3cc(C)ccc43)nc(-c3cccc4c5c(oc34)C=CCC5)n2)C1)/C=c1/ccccc1=C. The van der Waals surface area contributed by atoms with E-state index < -0.39 is 0 Å². The molecule has 9 rings (SSSR count). The van der Waals surface area contributed by atoms with Crippen LogP contribution in [0.4, 0.5) is 0 Å². The zero-order valence-electron chi connectivity index (χ0n) is 29.0. The molecule has 0 saturated heterocycles. The largest absolute Gasteiger partial charge is 0.456 e. The lowest BCUT2D eigenvalue weighted by Gasteiger charge is -2.19. The first kappa shape index (κ1) is 31.6. The number of aromatic nitrogens is 3. The fraction of sp³-hybridized carbons (Fsp3) is 0.156. The highest BCUT2D eigenvalue weighted by atomic mass is 16.3. The van der Waals surface area contributed by atoms with Crippen LogP contribution in [0.15, 0.2) is 117 Å². The molecule has 3 aromatic carbocycles. The number of nitrogens with zero attached hydrogens (tertiary/aromatic N) is 4. The lowest BCUT2D eigenvalue weighted by atomic mass is 9.94. The molecule has 3 aromatic heterocycles. The minimum Gasteiger partial charge on any atom is -0.456 e. The number of rotatable bonds is 7. The quantitative estimate of drug-likeness (QED) is 0.135. The van der Waals surface area contributed by atoms with Gasteiger partial charge < -0.3 is 14.3 Å². The Morgan fingerprint density at radius 3 is 2.71 bits per heavy atom. The van der Waals surface area contributed by atoms with Gasteiger partial charge in [0.25, 0.3) is 0 Å². The Bertz CT molecular complexity index is 2700. The Morgan fingerprint density at radius 2 is 1.79 bits per heavy atom. The summed E-state index contributed by atoms with van der Waals surface area (Å²) in [4.78, 5) is 15.4. The molecular formula is C45H37N5O2. The number of para-hydroxylation sites is 1. The number of allylic oxidation sites excluding steroid dienone is 5. The van der Waals surface area contributed by atoms with E-state index in [4.69, 9.17) is 23.8 Å². The Kier molecular flexibility index (Phi) is 7.96. The first-order chi connectivity index (χ1) is 25.5. The van der Waals surface area contributed by atoms with Gasteiger partial charge in [-0.25, -0.2) is 15.0 Å². The van der Waals surface area contributed by atoms with Gasteiger partial charge in [-0.3, -0.25) is 0 Å². The molecule has 0 fully saturated rings.